The Hall–Kier alpha value is -2.29. The van der Waals surface area contributed by atoms with Crippen molar-refractivity contribution in [1.82, 2.24) is 4.90 Å². The molecule has 1 aliphatic rings. The summed E-state index contributed by atoms with van der Waals surface area (Å²) in [5.41, 5.74) is 1.93. The van der Waals surface area contributed by atoms with Crippen LogP contribution in [0.4, 0.5) is 0 Å². The van der Waals surface area contributed by atoms with E-state index in [4.69, 9.17) is 0 Å². The molecule has 1 amide bonds. The van der Waals surface area contributed by atoms with Crippen LogP contribution in [0.2, 0.25) is 0 Å². The van der Waals surface area contributed by atoms with E-state index in [1.54, 1.807) is 6.07 Å². The first-order valence-corrected chi connectivity index (χ1v) is 7.37. The Balaban J connectivity index is 1.64. The number of aromatic hydroxyl groups is 1. The average molecular weight is 281 g/mol. The first kappa shape index (κ1) is 13.7. The third-order valence-corrected chi connectivity index (χ3v) is 4.14. The number of likely N-dealkylation sites (tertiary alicyclic amines) is 1. The zero-order chi connectivity index (χ0) is 14.7. The molecule has 1 heterocycles. The largest absolute Gasteiger partial charge is 0.508 e. The number of nitrogens with zero attached hydrogens (tertiary/aromatic N) is 1. The van der Waals surface area contributed by atoms with Gasteiger partial charge in [-0.25, -0.2) is 0 Å². The highest BCUT2D eigenvalue weighted by molar-refractivity contribution is 5.94. The third-order valence-electron chi connectivity index (χ3n) is 4.14. The molecular formula is C18H19NO2. The molecule has 3 rings (SSSR count). The summed E-state index contributed by atoms with van der Waals surface area (Å²) in [4.78, 5) is 14.3. The van der Waals surface area contributed by atoms with Gasteiger partial charge in [0, 0.05) is 18.7 Å². The second kappa shape index (κ2) is 6.00. The van der Waals surface area contributed by atoms with Crippen molar-refractivity contribution < 1.29 is 9.90 Å². The Morgan fingerprint density at radius 1 is 1.00 bits per heavy atom. The number of carbonyl (C=O) groups is 1. The van der Waals surface area contributed by atoms with Crippen LogP contribution in [0.1, 0.15) is 34.7 Å². The predicted octanol–water partition coefficient (Wildman–Crippen LogP) is 3.41. The van der Waals surface area contributed by atoms with Crippen LogP contribution in [0.15, 0.2) is 54.6 Å². The molecule has 3 heteroatoms. The zero-order valence-electron chi connectivity index (χ0n) is 11.9. The van der Waals surface area contributed by atoms with Crippen molar-refractivity contribution >= 4 is 5.91 Å². The van der Waals surface area contributed by atoms with Gasteiger partial charge in [0.25, 0.3) is 5.91 Å². The predicted molar refractivity (Wildman–Crippen MR) is 82.4 cm³/mol. The lowest BCUT2D eigenvalue weighted by molar-refractivity contribution is 0.0713. The summed E-state index contributed by atoms with van der Waals surface area (Å²) in [5, 5.41) is 9.57. The fourth-order valence-electron chi connectivity index (χ4n) is 2.96. The second-order valence-corrected chi connectivity index (χ2v) is 5.53. The summed E-state index contributed by atoms with van der Waals surface area (Å²) in [5.74, 6) is 0.858. The number of hydrogen-bond donors (Lipinski definition) is 1. The molecule has 0 bridgehead atoms. The van der Waals surface area contributed by atoms with Crippen LogP contribution in [0.25, 0.3) is 0 Å². The lowest BCUT2D eigenvalue weighted by Crippen LogP contribution is -2.37. The van der Waals surface area contributed by atoms with E-state index in [9.17, 15) is 9.90 Å². The molecule has 1 fully saturated rings. The summed E-state index contributed by atoms with van der Waals surface area (Å²) >= 11 is 0. The molecule has 1 N–H and O–H groups in total. The molecule has 21 heavy (non-hydrogen) atoms. The standard InChI is InChI=1S/C18H19NO2/c20-17-8-4-7-16(13-17)14-9-11-19(12-10-14)18(21)15-5-2-1-3-6-15/h1-8,13-14,20H,9-12H2. The third kappa shape index (κ3) is 3.07. The molecule has 0 unspecified atom stereocenters. The maximum atomic E-state index is 12.4. The van der Waals surface area contributed by atoms with Crippen LogP contribution >= 0.6 is 0 Å². The van der Waals surface area contributed by atoms with E-state index >= 15 is 0 Å². The Labute approximate surface area is 124 Å². The fraction of sp³-hybridized carbons (Fsp3) is 0.278. The Kier molecular flexibility index (Phi) is 3.91. The van der Waals surface area contributed by atoms with E-state index < -0.39 is 0 Å². The van der Waals surface area contributed by atoms with Gasteiger partial charge in [-0.05, 0) is 48.6 Å². The highest BCUT2D eigenvalue weighted by atomic mass is 16.3. The molecule has 0 aliphatic carbocycles. The van der Waals surface area contributed by atoms with E-state index in [1.807, 2.05) is 47.4 Å². The van der Waals surface area contributed by atoms with Gasteiger partial charge in [0.15, 0.2) is 0 Å². The van der Waals surface area contributed by atoms with Crippen LogP contribution in [-0.2, 0) is 0 Å². The van der Waals surface area contributed by atoms with Gasteiger partial charge < -0.3 is 10.0 Å². The maximum absolute atomic E-state index is 12.4. The molecule has 0 radical (unpaired) electrons. The van der Waals surface area contributed by atoms with Crippen molar-refractivity contribution in [2.45, 2.75) is 18.8 Å². The normalized spacial score (nSPS) is 15.9. The van der Waals surface area contributed by atoms with Crippen molar-refractivity contribution in [1.29, 1.82) is 0 Å². The lowest BCUT2D eigenvalue weighted by Gasteiger charge is -2.32. The number of hydrogen-bond acceptors (Lipinski definition) is 2. The van der Waals surface area contributed by atoms with E-state index in [0.717, 1.165) is 31.5 Å². The van der Waals surface area contributed by atoms with E-state index in [0.29, 0.717) is 11.7 Å². The van der Waals surface area contributed by atoms with Gasteiger partial charge in [-0.15, -0.1) is 0 Å². The molecule has 0 aromatic heterocycles. The van der Waals surface area contributed by atoms with Gasteiger partial charge in [-0.1, -0.05) is 30.3 Å². The number of benzene rings is 2. The minimum atomic E-state index is 0.116. The molecule has 0 saturated carbocycles. The van der Waals surface area contributed by atoms with Crippen molar-refractivity contribution in [2.75, 3.05) is 13.1 Å². The minimum Gasteiger partial charge on any atom is -0.508 e. The number of phenolic OH excluding ortho intramolecular Hbond substituents is 1. The molecular weight excluding hydrogens is 262 g/mol. The molecule has 1 aliphatic heterocycles. The molecule has 1 saturated heterocycles. The van der Waals surface area contributed by atoms with Crippen LogP contribution in [0.3, 0.4) is 0 Å². The molecule has 0 atom stereocenters. The van der Waals surface area contributed by atoms with Crippen molar-refractivity contribution in [3.05, 3.63) is 65.7 Å². The monoisotopic (exact) mass is 281 g/mol. The Bertz CT molecular complexity index is 616. The number of phenols is 1. The summed E-state index contributed by atoms with van der Waals surface area (Å²) < 4.78 is 0. The maximum Gasteiger partial charge on any atom is 0.253 e. The van der Waals surface area contributed by atoms with Crippen molar-refractivity contribution in [3.63, 3.8) is 0 Å². The fourth-order valence-corrected chi connectivity index (χ4v) is 2.96. The average Bonchev–Trinajstić information content (AvgIpc) is 2.55. The minimum absolute atomic E-state index is 0.116. The van der Waals surface area contributed by atoms with Crippen LogP contribution in [0, 0.1) is 0 Å². The van der Waals surface area contributed by atoms with Crippen LogP contribution in [0.5, 0.6) is 5.75 Å². The Morgan fingerprint density at radius 2 is 1.71 bits per heavy atom. The van der Waals surface area contributed by atoms with Crippen molar-refractivity contribution in [3.8, 4) is 5.75 Å². The zero-order valence-corrected chi connectivity index (χ0v) is 11.9. The second-order valence-electron chi connectivity index (χ2n) is 5.53. The van der Waals surface area contributed by atoms with Crippen LogP contribution < -0.4 is 0 Å². The number of piperidine rings is 1. The Morgan fingerprint density at radius 3 is 2.38 bits per heavy atom. The summed E-state index contributed by atoms with van der Waals surface area (Å²) in [6, 6.07) is 16.9. The first-order chi connectivity index (χ1) is 10.2. The van der Waals surface area contributed by atoms with Gasteiger partial charge in [0.1, 0.15) is 5.75 Å². The molecule has 2 aromatic rings. The lowest BCUT2D eigenvalue weighted by atomic mass is 9.89. The van der Waals surface area contributed by atoms with E-state index in [1.165, 1.54) is 5.56 Å². The first-order valence-electron chi connectivity index (χ1n) is 7.37. The number of amides is 1. The van der Waals surface area contributed by atoms with Crippen molar-refractivity contribution in [2.24, 2.45) is 0 Å². The van der Waals surface area contributed by atoms with Gasteiger partial charge >= 0.3 is 0 Å². The van der Waals surface area contributed by atoms with Gasteiger partial charge in [-0.3, -0.25) is 4.79 Å². The summed E-state index contributed by atoms with van der Waals surface area (Å²) in [6.07, 6.45) is 1.89. The van der Waals surface area contributed by atoms with E-state index in [-0.39, 0.29) is 5.91 Å². The highest BCUT2D eigenvalue weighted by Crippen LogP contribution is 2.30. The van der Waals surface area contributed by atoms with Gasteiger partial charge in [0.05, 0.1) is 0 Å². The number of rotatable bonds is 2. The summed E-state index contributed by atoms with van der Waals surface area (Å²) in [7, 11) is 0. The quantitative estimate of drug-likeness (QED) is 0.916. The molecule has 3 nitrogen and oxygen atoms in total. The summed E-state index contributed by atoms with van der Waals surface area (Å²) in [6.45, 7) is 1.54. The van der Waals surface area contributed by atoms with Crippen LogP contribution in [-0.4, -0.2) is 29.0 Å². The molecule has 0 spiro atoms. The van der Waals surface area contributed by atoms with Gasteiger partial charge in [0.2, 0.25) is 0 Å². The van der Waals surface area contributed by atoms with E-state index in [2.05, 4.69) is 6.07 Å². The number of carbonyl (C=O) groups excluding carboxylic acids is 1. The highest BCUT2D eigenvalue weighted by Gasteiger charge is 2.24. The smallest absolute Gasteiger partial charge is 0.253 e. The molecule has 2 aromatic carbocycles. The molecule has 108 valence electrons. The topological polar surface area (TPSA) is 40.5 Å². The van der Waals surface area contributed by atoms with Gasteiger partial charge in [-0.2, -0.15) is 0 Å². The SMILES string of the molecule is O=C(c1ccccc1)N1CCC(c2cccc(O)c2)CC1.